The lowest BCUT2D eigenvalue weighted by atomic mass is 10.1. The molecular formula is C23H25N3O3. The van der Waals surface area contributed by atoms with Gasteiger partial charge in [-0.1, -0.05) is 25.5 Å². The lowest BCUT2D eigenvalue weighted by Crippen LogP contribution is -2.30. The molecule has 0 bridgehead atoms. The van der Waals surface area contributed by atoms with E-state index in [4.69, 9.17) is 0 Å². The Balaban J connectivity index is 1.56. The van der Waals surface area contributed by atoms with Gasteiger partial charge in [0.15, 0.2) is 0 Å². The second kappa shape index (κ2) is 8.07. The van der Waals surface area contributed by atoms with Crippen LogP contribution in [0.2, 0.25) is 0 Å². The van der Waals surface area contributed by atoms with Gasteiger partial charge >= 0.3 is 0 Å². The number of hydrogen-bond donors (Lipinski definition) is 1. The average Bonchev–Trinajstić information content (AvgIpc) is 3.35. The molecule has 2 aromatic rings. The predicted molar refractivity (Wildman–Crippen MR) is 113 cm³/mol. The molecule has 0 spiro atoms. The minimum atomic E-state index is -0.314. The van der Waals surface area contributed by atoms with Crippen LogP contribution in [-0.4, -0.2) is 42.3 Å². The number of carbonyl (C=O) groups is 3. The molecule has 0 saturated carbocycles. The van der Waals surface area contributed by atoms with Crippen molar-refractivity contribution in [1.29, 1.82) is 0 Å². The second-order valence-corrected chi connectivity index (χ2v) is 7.54. The maximum atomic E-state index is 12.9. The number of hydrogen-bond acceptors (Lipinski definition) is 4. The number of benzene rings is 2. The molecule has 6 nitrogen and oxygen atoms in total. The second-order valence-electron chi connectivity index (χ2n) is 7.54. The Bertz CT molecular complexity index is 964. The van der Waals surface area contributed by atoms with Crippen molar-refractivity contribution in [1.82, 2.24) is 4.90 Å². The van der Waals surface area contributed by atoms with Gasteiger partial charge in [-0.3, -0.25) is 19.3 Å². The summed E-state index contributed by atoms with van der Waals surface area (Å²) in [5.41, 5.74) is 2.83. The molecule has 2 heterocycles. The summed E-state index contributed by atoms with van der Waals surface area (Å²) in [6, 6.07) is 12.5. The van der Waals surface area contributed by atoms with Gasteiger partial charge in [0.1, 0.15) is 0 Å². The zero-order valence-corrected chi connectivity index (χ0v) is 16.6. The number of fused-ring (bicyclic) bond motifs is 1. The summed E-state index contributed by atoms with van der Waals surface area (Å²) < 4.78 is 0. The van der Waals surface area contributed by atoms with Gasteiger partial charge in [0, 0.05) is 25.2 Å². The molecule has 6 heteroatoms. The standard InChI is InChI=1S/C23H25N3O3/c1-2-3-14-26-22(28)17-11-10-16(15-18(17)23(26)29)21(27)24-19-8-4-5-9-20(19)25-12-6-7-13-25/h4-5,8-11,15H,2-3,6-7,12-14H2,1H3,(H,24,27). The molecule has 1 fully saturated rings. The quantitative estimate of drug-likeness (QED) is 0.758. The summed E-state index contributed by atoms with van der Waals surface area (Å²) in [6.07, 6.45) is 3.97. The van der Waals surface area contributed by atoms with E-state index in [0.29, 0.717) is 23.2 Å². The molecule has 4 rings (SSSR count). The van der Waals surface area contributed by atoms with Crippen molar-refractivity contribution in [3.05, 3.63) is 59.2 Å². The summed E-state index contributed by atoms with van der Waals surface area (Å²) >= 11 is 0. The topological polar surface area (TPSA) is 69.7 Å². The molecule has 0 unspecified atom stereocenters. The number of nitrogens with one attached hydrogen (secondary N) is 1. The van der Waals surface area contributed by atoms with Gasteiger partial charge in [-0.15, -0.1) is 0 Å². The summed E-state index contributed by atoms with van der Waals surface area (Å²) in [5, 5.41) is 2.98. The van der Waals surface area contributed by atoms with Crippen LogP contribution in [0, 0.1) is 0 Å². The smallest absolute Gasteiger partial charge is 0.261 e. The van der Waals surface area contributed by atoms with Crippen LogP contribution in [0.1, 0.15) is 63.7 Å². The molecule has 3 amide bonds. The number of para-hydroxylation sites is 2. The zero-order valence-electron chi connectivity index (χ0n) is 16.6. The fraction of sp³-hybridized carbons (Fsp3) is 0.348. The Kier molecular flexibility index (Phi) is 5.34. The normalized spacial score (nSPS) is 15.8. The molecular weight excluding hydrogens is 366 g/mol. The van der Waals surface area contributed by atoms with Gasteiger partial charge < -0.3 is 10.2 Å². The van der Waals surface area contributed by atoms with Crippen molar-refractivity contribution in [2.75, 3.05) is 29.9 Å². The average molecular weight is 391 g/mol. The lowest BCUT2D eigenvalue weighted by Gasteiger charge is -2.21. The maximum Gasteiger partial charge on any atom is 0.261 e. The molecule has 1 saturated heterocycles. The van der Waals surface area contributed by atoms with Gasteiger partial charge in [-0.2, -0.15) is 0 Å². The van der Waals surface area contributed by atoms with E-state index >= 15 is 0 Å². The number of anilines is 2. The number of nitrogens with zero attached hydrogens (tertiary/aromatic N) is 2. The fourth-order valence-electron chi connectivity index (χ4n) is 3.96. The number of carbonyl (C=O) groups excluding carboxylic acids is 3. The maximum absolute atomic E-state index is 12.9. The van der Waals surface area contributed by atoms with E-state index in [1.807, 2.05) is 31.2 Å². The fourth-order valence-corrected chi connectivity index (χ4v) is 3.96. The van der Waals surface area contributed by atoms with Crippen molar-refractivity contribution in [3.8, 4) is 0 Å². The van der Waals surface area contributed by atoms with E-state index in [0.717, 1.165) is 50.1 Å². The molecule has 2 aliphatic rings. The Hall–Kier alpha value is -3.15. The number of amides is 3. The molecule has 0 aliphatic carbocycles. The van der Waals surface area contributed by atoms with Crippen LogP contribution in [0.25, 0.3) is 0 Å². The monoisotopic (exact) mass is 391 g/mol. The van der Waals surface area contributed by atoms with E-state index in [-0.39, 0.29) is 17.7 Å². The highest BCUT2D eigenvalue weighted by molar-refractivity contribution is 6.22. The number of unbranched alkanes of at least 4 members (excludes halogenated alkanes) is 1. The Morgan fingerprint density at radius 2 is 1.72 bits per heavy atom. The first-order valence-electron chi connectivity index (χ1n) is 10.3. The van der Waals surface area contributed by atoms with Crippen LogP contribution in [0.15, 0.2) is 42.5 Å². The number of imide groups is 1. The van der Waals surface area contributed by atoms with Gasteiger partial charge in [0.05, 0.1) is 22.5 Å². The van der Waals surface area contributed by atoms with Gasteiger partial charge in [-0.25, -0.2) is 0 Å². The molecule has 2 aromatic carbocycles. The van der Waals surface area contributed by atoms with Crippen LogP contribution >= 0.6 is 0 Å². The van der Waals surface area contributed by atoms with Gasteiger partial charge in [0.2, 0.25) is 0 Å². The first kappa shape index (κ1) is 19.2. The largest absolute Gasteiger partial charge is 0.370 e. The molecule has 150 valence electrons. The molecule has 0 atom stereocenters. The zero-order chi connectivity index (χ0) is 20.4. The highest BCUT2D eigenvalue weighted by Gasteiger charge is 2.35. The van der Waals surface area contributed by atoms with Crippen LogP contribution < -0.4 is 10.2 Å². The van der Waals surface area contributed by atoms with Crippen LogP contribution in [-0.2, 0) is 0 Å². The summed E-state index contributed by atoms with van der Waals surface area (Å²) in [4.78, 5) is 41.5. The third-order valence-electron chi connectivity index (χ3n) is 5.57. The van der Waals surface area contributed by atoms with E-state index in [2.05, 4.69) is 10.2 Å². The molecule has 29 heavy (non-hydrogen) atoms. The highest BCUT2D eigenvalue weighted by Crippen LogP contribution is 2.30. The summed E-state index contributed by atoms with van der Waals surface area (Å²) in [5.74, 6) is -0.873. The van der Waals surface area contributed by atoms with E-state index in [1.165, 1.54) is 11.0 Å². The van der Waals surface area contributed by atoms with Crippen molar-refractivity contribution in [3.63, 3.8) is 0 Å². The summed E-state index contributed by atoms with van der Waals surface area (Å²) in [7, 11) is 0. The lowest BCUT2D eigenvalue weighted by molar-refractivity contribution is 0.0652. The minimum absolute atomic E-state index is 0.273. The SMILES string of the molecule is CCCCN1C(=O)c2ccc(C(=O)Nc3ccccc3N3CCCC3)cc2C1=O. The molecule has 0 aromatic heterocycles. The summed E-state index contributed by atoms with van der Waals surface area (Å²) in [6.45, 7) is 4.39. The van der Waals surface area contributed by atoms with Gasteiger partial charge in [-0.05, 0) is 49.6 Å². The molecule has 2 aliphatic heterocycles. The first-order valence-corrected chi connectivity index (χ1v) is 10.3. The van der Waals surface area contributed by atoms with Crippen LogP contribution in [0.5, 0.6) is 0 Å². The van der Waals surface area contributed by atoms with Crippen molar-refractivity contribution in [2.24, 2.45) is 0 Å². The van der Waals surface area contributed by atoms with Crippen LogP contribution in [0.4, 0.5) is 11.4 Å². The van der Waals surface area contributed by atoms with Crippen molar-refractivity contribution in [2.45, 2.75) is 32.6 Å². The highest BCUT2D eigenvalue weighted by atomic mass is 16.2. The minimum Gasteiger partial charge on any atom is -0.370 e. The molecule has 0 radical (unpaired) electrons. The first-order chi connectivity index (χ1) is 14.1. The van der Waals surface area contributed by atoms with Crippen LogP contribution in [0.3, 0.4) is 0 Å². The predicted octanol–water partition coefficient (Wildman–Crippen LogP) is 3.94. The Morgan fingerprint density at radius 1 is 1.00 bits per heavy atom. The third kappa shape index (κ3) is 3.62. The van der Waals surface area contributed by atoms with E-state index < -0.39 is 0 Å². The molecule has 1 N–H and O–H groups in total. The van der Waals surface area contributed by atoms with Crippen molar-refractivity contribution < 1.29 is 14.4 Å². The Morgan fingerprint density at radius 3 is 2.48 bits per heavy atom. The number of rotatable bonds is 6. The Labute approximate surface area is 170 Å². The van der Waals surface area contributed by atoms with Gasteiger partial charge in [0.25, 0.3) is 17.7 Å². The van der Waals surface area contributed by atoms with Crippen molar-refractivity contribution >= 4 is 29.1 Å². The van der Waals surface area contributed by atoms with E-state index in [9.17, 15) is 14.4 Å². The van der Waals surface area contributed by atoms with E-state index in [1.54, 1.807) is 12.1 Å². The third-order valence-corrected chi connectivity index (χ3v) is 5.57.